The van der Waals surface area contributed by atoms with Gasteiger partial charge in [-0.2, -0.15) is 4.31 Å². The number of carboxylic acid groups (broad SMARTS) is 1. The Morgan fingerprint density at radius 2 is 1.64 bits per heavy atom. The van der Waals surface area contributed by atoms with Gasteiger partial charge in [-0.15, -0.1) is 0 Å². The van der Waals surface area contributed by atoms with Gasteiger partial charge in [-0.1, -0.05) is 60.1 Å². The van der Waals surface area contributed by atoms with Crippen molar-refractivity contribution < 1.29 is 32.6 Å². The molecule has 5 aromatic rings. The Bertz CT molecular complexity index is 1750. The first kappa shape index (κ1) is 26.7. The Balaban J connectivity index is 1.38. The number of carboxylic acids is 1. The molecule has 0 amide bonds. The second-order valence-corrected chi connectivity index (χ2v) is 11.3. The molecule has 1 atom stereocenters. The smallest absolute Gasteiger partial charge is 0.335 e. The summed E-state index contributed by atoms with van der Waals surface area (Å²) in [5.41, 5.74) is 1.91. The average Bonchev–Trinajstić information content (AvgIpc) is 3.30. The van der Waals surface area contributed by atoms with Crippen molar-refractivity contribution in [2.75, 3.05) is 13.2 Å². The number of furan rings is 1. The number of aliphatic hydroxyl groups is 1. The zero-order valence-electron chi connectivity index (χ0n) is 20.5. The maximum Gasteiger partial charge on any atom is 0.335 e. The molecule has 2 N–H and O–H groups in total. The quantitative estimate of drug-likeness (QED) is 0.227. The van der Waals surface area contributed by atoms with Gasteiger partial charge in [0.25, 0.3) is 0 Å². The predicted octanol–water partition coefficient (Wildman–Crippen LogP) is 5.57. The number of carbonyl (C=O) groups is 1. The van der Waals surface area contributed by atoms with E-state index in [1.807, 2.05) is 30.3 Å². The van der Waals surface area contributed by atoms with Gasteiger partial charge in [-0.3, -0.25) is 0 Å². The van der Waals surface area contributed by atoms with Crippen LogP contribution in [0.3, 0.4) is 0 Å². The summed E-state index contributed by atoms with van der Waals surface area (Å²) < 4.78 is 40.1. The van der Waals surface area contributed by atoms with E-state index in [4.69, 9.17) is 20.8 Å². The maximum atomic E-state index is 13.7. The van der Waals surface area contributed by atoms with Crippen molar-refractivity contribution in [2.45, 2.75) is 17.5 Å². The standard InChI is InChI=1S/C29H24ClNO7S/c30-25-12-10-20(29(33)34)14-28(25)39(35,36)31(16-19-6-2-1-3-7-19)17-21(32)18-37-22-11-13-27-24(15-22)23-8-4-5-9-26(23)38-27/h1-15,21,32H,16-18H2,(H,33,34)/t21-/m1/s1. The van der Waals surface area contributed by atoms with Gasteiger partial charge >= 0.3 is 5.97 Å². The van der Waals surface area contributed by atoms with Gasteiger partial charge in [0, 0.05) is 23.9 Å². The topological polar surface area (TPSA) is 117 Å². The molecule has 0 aliphatic carbocycles. The van der Waals surface area contributed by atoms with Gasteiger partial charge < -0.3 is 19.4 Å². The number of hydrogen-bond donors (Lipinski definition) is 2. The van der Waals surface area contributed by atoms with Crippen molar-refractivity contribution in [3.63, 3.8) is 0 Å². The Labute approximate surface area is 229 Å². The van der Waals surface area contributed by atoms with E-state index < -0.39 is 22.1 Å². The minimum Gasteiger partial charge on any atom is -0.491 e. The van der Waals surface area contributed by atoms with E-state index in [9.17, 15) is 23.4 Å². The Morgan fingerprint density at radius 1 is 0.923 bits per heavy atom. The van der Waals surface area contributed by atoms with Crippen LogP contribution in [0, 0.1) is 0 Å². The highest BCUT2D eigenvalue weighted by molar-refractivity contribution is 7.89. The number of hydrogen-bond acceptors (Lipinski definition) is 6. The first-order chi connectivity index (χ1) is 18.7. The highest BCUT2D eigenvalue weighted by atomic mass is 35.5. The van der Waals surface area contributed by atoms with Crippen molar-refractivity contribution in [1.29, 1.82) is 0 Å². The third-order valence-corrected chi connectivity index (χ3v) is 8.50. The third-order valence-electron chi connectivity index (χ3n) is 6.20. The molecule has 0 saturated heterocycles. The maximum absolute atomic E-state index is 13.7. The number of ether oxygens (including phenoxy) is 1. The van der Waals surface area contributed by atoms with Crippen LogP contribution < -0.4 is 4.74 Å². The molecule has 1 heterocycles. The molecule has 0 saturated carbocycles. The zero-order valence-corrected chi connectivity index (χ0v) is 22.1. The summed E-state index contributed by atoms with van der Waals surface area (Å²) in [5, 5.41) is 21.9. The number of nitrogens with zero attached hydrogens (tertiary/aromatic N) is 1. The Hall–Kier alpha value is -3.89. The fourth-order valence-corrected chi connectivity index (χ4v) is 6.25. The molecule has 0 aliphatic rings. The van der Waals surface area contributed by atoms with E-state index in [-0.39, 0.29) is 35.2 Å². The van der Waals surface area contributed by atoms with Crippen molar-refractivity contribution in [3.8, 4) is 5.75 Å². The summed E-state index contributed by atoms with van der Waals surface area (Å²) >= 11 is 6.20. The minimum absolute atomic E-state index is 0.0686. The van der Waals surface area contributed by atoms with Crippen molar-refractivity contribution in [1.82, 2.24) is 4.31 Å². The highest BCUT2D eigenvalue weighted by Gasteiger charge is 2.30. The van der Waals surface area contributed by atoms with E-state index in [2.05, 4.69) is 0 Å². The number of para-hydroxylation sites is 1. The lowest BCUT2D eigenvalue weighted by Gasteiger charge is -2.25. The summed E-state index contributed by atoms with van der Waals surface area (Å²) in [7, 11) is -4.30. The molecular formula is C29H24ClNO7S. The lowest BCUT2D eigenvalue weighted by atomic mass is 10.1. The number of fused-ring (bicyclic) bond motifs is 3. The summed E-state index contributed by atoms with van der Waals surface area (Å²) in [5.74, 6) is -0.795. The Kier molecular flexibility index (Phi) is 7.58. The molecule has 200 valence electrons. The molecular weight excluding hydrogens is 542 g/mol. The van der Waals surface area contributed by atoms with E-state index in [0.29, 0.717) is 16.9 Å². The molecule has 0 fully saturated rings. The first-order valence-electron chi connectivity index (χ1n) is 12.0. The normalized spacial score (nSPS) is 12.7. The van der Waals surface area contributed by atoms with Crippen LogP contribution in [0.15, 0.2) is 100 Å². The summed E-state index contributed by atoms with van der Waals surface area (Å²) in [6.45, 7) is -0.576. The van der Waals surface area contributed by atoms with Crippen LogP contribution in [0.2, 0.25) is 5.02 Å². The number of rotatable bonds is 10. The van der Waals surface area contributed by atoms with Crippen LogP contribution in [0.25, 0.3) is 21.9 Å². The van der Waals surface area contributed by atoms with Crippen LogP contribution >= 0.6 is 11.6 Å². The highest BCUT2D eigenvalue weighted by Crippen LogP contribution is 2.31. The van der Waals surface area contributed by atoms with E-state index in [0.717, 1.165) is 26.7 Å². The van der Waals surface area contributed by atoms with Crippen molar-refractivity contribution in [3.05, 3.63) is 107 Å². The molecule has 0 spiro atoms. The molecule has 0 unspecified atom stereocenters. The van der Waals surface area contributed by atoms with E-state index >= 15 is 0 Å². The number of sulfonamides is 1. The van der Waals surface area contributed by atoms with Gasteiger partial charge in [-0.05, 0) is 48.0 Å². The van der Waals surface area contributed by atoms with Gasteiger partial charge in [0.05, 0.1) is 10.6 Å². The van der Waals surface area contributed by atoms with Gasteiger partial charge in [0.1, 0.15) is 34.5 Å². The number of halogens is 1. The molecule has 5 rings (SSSR count). The van der Waals surface area contributed by atoms with E-state index in [1.165, 1.54) is 12.1 Å². The van der Waals surface area contributed by atoms with Crippen LogP contribution in [0.4, 0.5) is 0 Å². The summed E-state index contributed by atoms with van der Waals surface area (Å²) in [4.78, 5) is 11.1. The second kappa shape index (κ2) is 11.1. The number of aromatic carboxylic acids is 1. The first-order valence-corrected chi connectivity index (χ1v) is 13.8. The molecule has 39 heavy (non-hydrogen) atoms. The minimum atomic E-state index is -4.30. The monoisotopic (exact) mass is 565 g/mol. The predicted molar refractivity (Wildman–Crippen MR) is 148 cm³/mol. The molecule has 0 radical (unpaired) electrons. The van der Waals surface area contributed by atoms with Gasteiger partial charge in [-0.25, -0.2) is 13.2 Å². The molecule has 1 aromatic heterocycles. The van der Waals surface area contributed by atoms with Gasteiger partial charge in [0.15, 0.2) is 0 Å². The summed E-state index contributed by atoms with van der Waals surface area (Å²) in [6, 6.07) is 25.3. The summed E-state index contributed by atoms with van der Waals surface area (Å²) in [6.07, 6.45) is -1.21. The molecule has 0 bridgehead atoms. The average molecular weight is 566 g/mol. The fraction of sp³-hybridized carbons (Fsp3) is 0.138. The molecule has 10 heteroatoms. The zero-order chi connectivity index (χ0) is 27.6. The largest absolute Gasteiger partial charge is 0.491 e. The lowest BCUT2D eigenvalue weighted by Crippen LogP contribution is -2.39. The van der Waals surface area contributed by atoms with Crippen LogP contribution in [0.5, 0.6) is 5.75 Å². The number of benzene rings is 4. The fourth-order valence-electron chi connectivity index (χ4n) is 4.28. The van der Waals surface area contributed by atoms with E-state index in [1.54, 1.807) is 42.5 Å². The lowest BCUT2D eigenvalue weighted by molar-refractivity contribution is 0.0696. The Morgan fingerprint density at radius 3 is 2.41 bits per heavy atom. The molecule has 0 aliphatic heterocycles. The van der Waals surface area contributed by atoms with Crippen molar-refractivity contribution in [2.24, 2.45) is 0 Å². The SMILES string of the molecule is O=C(O)c1ccc(Cl)c(S(=O)(=O)N(Cc2ccccc2)C[C@@H](O)COc2ccc3oc4ccccc4c3c2)c1. The molecule has 8 nitrogen and oxygen atoms in total. The second-order valence-electron chi connectivity index (χ2n) is 8.95. The van der Waals surface area contributed by atoms with Crippen LogP contribution in [0.1, 0.15) is 15.9 Å². The van der Waals surface area contributed by atoms with Crippen LogP contribution in [-0.2, 0) is 16.6 Å². The third kappa shape index (κ3) is 5.76. The van der Waals surface area contributed by atoms with Crippen LogP contribution in [-0.4, -0.2) is 48.2 Å². The van der Waals surface area contributed by atoms with Crippen molar-refractivity contribution >= 4 is 49.5 Å². The number of aliphatic hydroxyl groups excluding tert-OH is 1. The molecule has 4 aromatic carbocycles. The van der Waals surface area contributed by atoms with Gasteiger partial charge in [0.2, 0.25) is 10.0 Å².